The topological polar surface area (TPSA) is 75.6 Å². The number of hydrogen-bond donors (Lipinski definition) is 2. The molecule has 2 aromatic heterocycles. The van der Waals surface area contributed by atoms with Crippen molar-refractivity contribution in [2.24, 2.45) is 0 Å². The minimum atomic E-state index is -4.76. The van der Waals surface area contributed by atoms with Crippen molar-refractivity contribution in [1.29, 1.82) is 0 Å². The summed E-state index contributed by atoms with van der Waals surface area (Å²) in [5.41, 5.74) is -2.49. The first-order valence-electron chi connectivity index (χ1n) is 8.15. The van der Waals surface area contributed by atoms with E-state index >= 15 is 0 Å². The second-order valence-electron chi connectivity index (χ2n) is 6.41. The van der Waals surface area contributed by atoms with Gasteiger partial charge in [0.25, 0.3) is 0 Å². The van der Waals surface area contributed by atoms with E-state index in [1.165, 1.54) is 6.92 Å². The van der Waals surface area contributed by atoms with Crippen LogP contribution in [0.2, 0.25) is 0 Å². The smallest absolute Gasteiger partial charge is 0.323 e. The second kappa shape index (κ2) is 7.08. The molecule has 1 aliphatic rings. The van der Waals surface area contributed by atoms with Gasteiger partial charge in [-0.2, -0.15) is 36.5 Å². The van der Waals surface area contributed by atoms with Crippen molar-refractivity contribution in [3.63, 3.8) is 0 Å². The average Bonchev–Trinajstić information content (AvgIpc) is 3.23. The molecule has 0 aliphatic heterocycles. The highest BCUT2D eigenvalue weighted by atomic mass is 79.9. The van der Waals surface area contributed by atoms with Crippen LogP contribution in [-0.2, 0) is 23.7 Å². The third kappa shape index (κ3) is 4.18. The molecule has 0 spiro atoms. The first-order valence-corrected chi connectivity index (χ1v) is 8.94. The molecule has 0 unspecified atom stereocenters. The van der Waals surface area contributed by atoms with Crippen molar-refractivity contribution in [3.05, 3.63) is 27.2 Å². The number of H-pyrrole nitrogens is 1. The number of aryl methyl sites for hydroxylation is 2. The maximum atomic E-state index is 13.1. The fourth-order valence-corrected chi connectivity index (χ4v) is 3.58. The monoisotopic (exact) mass is 473 g/mol. The zero-order chi connectivity index (χ0) is 20.9. The van der Waals surface area contributed by atoms with Crippen LogP contribution in [0.15, 0.2) is 4.47 Å². The number of rotatable bonds is 5. The number of halogens is 7. The number of anilines is 1. The summed E-state index contributed by atoms with van der Waals surface area (Å²) in [7, 11) is 0. The Bertz CT molecular complexity index is 896. The van der Waals surface area contributed by atoms with Gasteiger partial charge < -0.3 is 5.32 Å². The minimum absolute atomic E-state index is 0.0144. The van der Waals surface area contributed by atoms with E-state index < -0.39 is 35.3 Å². The van der Waals surface area contributed by atoms with Gasteiger partial charge in [0.15, 0.2) is 11.4 Å². The molecule has 2 aromatic rings. The molecule has 2 N–H and O–H groups in total. The van der Waals surface area contributed by atoms with Crippen LogP contribution < -0.4 is 5.32 Å². The van der Waals surface area contributed by atoms with Crippen LogP contribution in [-0.4, -0.2) is 25.9 Å². The van der Waals surface area contributed by atoms with Crippen LogP contribution in [0.5, 0.6) is 0 Å². The third-order valence-electron chi connectivity index (χ3n) is 4.19. The van der Waals surface area contributed by atoms with Gasteiger partial charge in [0.1, 0.15) is 0 Å². The van der Waals surface area contributed by atoms with Crippen LogP contribution in [0.3, 0.4) is 0 Å². The van der Waals surface area contributed by atoms with Gasteiger partial charge in [-0.3, -0.25) is 14.6 Å². The van der Waals surface area contributed by atoms with E-state index in [0.717, 1.165) is 4.68 Å². The molecule has 154 valence electrons. The summed E-state index contributed by atoms with van der Waals surface area (Å²) >= 11 is 2.93. The van der Waals surface area contributed by atoms with Crippen LogP contribution >= 0.6 is 15.9 Å². The van der Waals surface area contributed by atoms with Gasteiger partial charge in [0.2, 0.25) is 5.91 Å². The number of carbonyl (C=O) groups excluding carboxylic acids is 1. The Morgan fingerprint density at radius 1 is 1.21 bits per heavy atom. The van der Waals surface area contributed by atoms with E-state index in [0.29, 0.717) is 18.5 Å². The number of carbonyl (C=O) groups is 1. The van der Waals surface area contributed by atoms with Crippen molar-refractivity contribution in [1.82, 2.24) is 20.0 Å². The van der Waals surface area contributed by atoms with Gasteiger partial charge in [0.05, 0.1) is 28.1 Å². The molecule has 6 nitrogen and oxygen atoms in total. The molecule has 1 aliphatic carbocycles. The molecule has 0 atom stereocenters. The van der Waals surface area contributed by atoms with E-state index in [9.17, 15) is 31.1 Å². The fourth-order valence-electron chi connectivity index (χ4n) is 2.75. The lowest BCUT2D eigenvalue weighted by atomic mass is 10.2. The summed E-state index contributed by atoms with van der Waals surface area (Å²) < 4.78 is 78.9. The van der Waals surface area contributed by atoms with Crippen LogP contribution in [0.1, 0.15) is 48.0 Å². The number of aromatic amines is 1. The van der Waals surface area contributed by atoms with Gasteiger partial charge >= 0.3 is 12.4 Å². The maximum absolute atomic E-state index is 13.1. The molecule has 1 saturated carbocycles. The Morgan fingerprint density at radius 2 is 1.82 bits per heavy atom. The van der Waals surface area contributed by atoms with Gasteiger partial charge in [0, 0.05) is 12.3 Å². The average molecular weight is 474 g/mol. The van der Waals surface area contributed by atoms with E-state index in [2.05, 4.69) is 36.5 Å². The minimum Gasteiger partial charge on any atom is -0.323 e. The largest absolute Gasteiger partial charge is 0.437 e. The van der Waals surface area contributed by atoms with E-state index in [1.54, 1.807) is 0 Å². The SMILES string of the molecule is Cc1[nH]nc(C(F)(F)F)c1NC(=O)CCn1nc(C(F)(F)F)c(Br)c1C1CC1. The zero-order valence-electron chi connectivity index (χ0n) is 14.3. The van der Waals surface area contributed by atoms with Crippen molar-refractivity contribution in [2.75, 3.05) is 5.32 Å². The first-order chi connectivity index (χ1) is 12.9. The van der Waals surface area contributed by atoms with Gasteiger partial charge in [-0.05, 0) is 35.7 Å². The van der Waals surface area contributed by atoms with Crippen LogP contribution in [0.4, 0.5) is 32.0 Å². The Kier molecular flexibility index (Phi) is 5.23. The highest BCUT2D eigenvalue weighted by molar-refractivity contribution is 9.10. The van der Waals surface area contributed by atoms with Crippen molar-refractivity contribution < 1.29 is 31.1 Å². The summed E-state index contributed by atoms with van der Waals surface area (Å²) in [4.78, 5) is 12.1. The van der Waals surface area contributed by atoms with Crippen molar-refractivity contribution in [3.8, 4) is 0 Å². The highest BCUT2D eigenvalue weighted by Crippen LogP contribution is 2.47. The fraction of sp³-hybridized carbons (Fsp3) is 0.533. The van der Waals surface area contributed by atoms with Gasteiger partial charge in [-0.25, -0.2) is 0 Å². The molecule has 0 bridgehead atoms. The van der Waals surface area contributed by atoms with Gasteiger partial charge in [-0.1, -0.05) is 0 Å². The predicted octanol–water partition coefficient (Wildman–Crippen LogP) is 4.62. The van der Waals surface area contributed by atoms with Crippen LogP contribution in [0.25, 0.3) is 0 Å². The lowest BCUT2D eigenvalue weighted by Crippen LogP contribution is -2.19. The predicted molar refractivity (Wildman–Crippen MR) is 88.5 cm³/mol. The third-order valence-corrected chi connectivity index (χ3v) is 4.98. The molecule has 28 heavy (non-hydrogen) atoms. The molecule has 3 rings (SSSR count). The Labute approximate surface area is 162 Å². The highest BCUT2D eigenvalue weighted by Gasteiger charge is 2.42. The summed E-state index contributed by atoms with van der Waals surface area (Å²) in [5, 5.41) is 11.0. The molecule has 0 aromatic carbocycles. The molecule has 1 fully saturated rings. The first kappa shape index (κ1) is 20.7. The summed E-state index contributed by atoms with van der Waals surface area (Å²) in [6.07, 6.45) is -8.37. The van der Waals surface area contributed by atoms with Gasteiger partial charge in [-0.15, -0.1) is 0 Å². The molecule has 1 amide bonds. The number of aromatic nitrogens is 4. The van der Waals surface area contributed by atoms with E-state index in [4.69, 9.17) is 0 Å². The summed E-state index contributed by atoms with van der Waals surface area (Å²) in [5.74, 6) is -0.883. The Balaban J connectivity index is 1.75. The summed E-state index contributed by atoms with van der Waals surface area (Å²) in [6.45, 7) is 1.11. The van der Waals surface area contributed by atoms with Crippen molar-refractivity contribution in [2.45, 2.75) is 51.0 Å². The zero-order valence-corrected chi connectivity index (χ0v) is 15.9. The van der Waals surface area contributed by atoms with E-state index in [-0.39, 0.29) is 29.1 Å². The number of amides is 1. The second-order valence-corrected chi connectivity index (χ2v) is 7.20. The summed E-state index contributed by atoms with van der Waals surface area (Å²) in [6, 6.07) is 0. The van der Waals surface area contributed by atoms with Crippen molar-refractivity contribution >= 4 is 27.5 Å². The maximum Gasteiger partial charge on any atom is 0.437 e. The molecule has 13 heteroatoms. The lowest BCUT2D eigenvalue weighted by molar-refractivity contribution is -0.142. The Morgan fingerprint density at radius 3 is 2.36 bits per heavy atom. The number of nitrogens with zero attached hydrogens (tertiary/aromatic N) is 3. The molecular formula is C15H14BrF6N5O. The molecule has 2 heterocycles. The van der Waals surface area contributed by atoms with Crippen LogP contribution in [0, 0.1) is 6.92 Å². The number of nitrogens with one attached hydrogen (secondary N) is 2. The van der Waals surface area contributed by atoms with E-state index in [1.807, 2.05) is 0 Å². The molecule has 0 radical (unpaired) electrons. The molecular weight excluding hydrogens is 460 g/mol. The number of hydrogen-bond acceptors (Lipinski definition) is 3. The Hall–Kier alpha value is -2.05. The standard InChI is InChI=1S/C15H14BrF6N5O/c1-6-10(13(25-24-6)15(20,21)22)23-8(28)4-5-27-11(7-2-3-7)9(16)12(26-27)14(17,18)19/h7H,2-5H2,1H3,(H,23,28)(H,24,25). The quantitative estimate of drug-likeness (QED) is 0.622. The lowest BCUT2D eigenvalue weighted by Gasteiger charge is -2.10. The molecule has 0 saturated heterocycles. The normalized spacial score (nSPS) is 15.1. The number of alkyl halides is 6.